The van der Waals surface area contributed by atoms with Gasteiger partial charge in [0, 0.05) is 13.1 Å². The highest BCUT2D eigenvalue weighted by Gasteiger charge is 2.22. The van der Waals surface area contributed by atoms with Crippen LogP contribution in [-0.2, 0) is 9.59 Å². The van der Waals surface area contributed by atoms with E-state index in [4.69, 9.17) is 0 Å². The molecule has 0 spiro atoms. The van der Waals surface area contributed by atoms with Gasteiger partial charge in [0.2, 0.25) is 11.8 Å². The van der Waals surface area contributed by atoms with Gasteiger partial charge in [-0.25, -0.2) is 0 Å². The largest absolute Gasteiger partial charge is 0.344 e. The number of nitrogens with zero attached hydrogens (tertiary/aromatic N) is 1. The molecule has 0 radical (unpaired) electrons. The van der Waals surface area contributed by atoms with Crippen molar-refractivity contribution in [3.05, 3.63) is 0 Å². The second kappa shape index (κ2) is 7.65. The first-order valence-corrected chi connectivity index (χ1v) is 6.62. The quantitative estimate of drug-likeness (QED) is 0.755. The highest BCUT2D eigenvalue weighted by molar-refractivity contribution is 9.10. The Morgan fingerprint density at radius 1 is 1.25 bits per heavy atom. The SMILES string of the molecule is CCC(Br)C(=O)NC(C)C(=O)N(CC)CC. The van der Waals surface area contributed by atoms with Gasteiger partial charge in [-0.3, -0.25) is 9.59 Å². The minimum absolute atomic E-state index is 0.0332. The summed E-state index contributed by atoms with van der Waals surface area (Å²) in [5, 5.41) is 2.70. The predicted octanol–water partition coefficient (Wildman–Crippen LogP) is 1.53. The van der Waals surface area contributed by atoms with Gasteiger partial charge in [0.1, 0.15) is 6.04 Å². The van der Waals surface area contributed by atoms with E-state index in [1.807, 2.05) is 20.8 Å². The molecule has 0 rings (SSSR count). The third-order valence-corrected chi connectivity index (χ3v) is 3.51. The molecular formula is C11H21BrN2O2. The van der Waals surface area contributed by atoms with Crippen molar-refractivity contribution in [3.8, 4) is 0 Å². The molecule has 0 aliphatic carbocycles. The normalized spacial score (nSPS) is 14.1. The molecule has 0 saturated carbocycles. The molecule has 0 aliphatic rings. The predicted molar refractivity (Wildman–Crippen MR) is 68.5 cm³/mol. The van der Waals surface area contributed by atoms with E-state index in [1.165, 1.54) is 0 Å². The van der Waals surface area contributed by atoms with Gasteiger partial charge >= 0.3 is 0 Å². The van der Waals surface area contributed by atoms with E-state index in [0.717, 1.165) is 0 Å². The molecule has 2 amide bonds. The Morgan fingerprint density at radius 3 is 2.12 bits per heavy atom. The molecule has 16 heavy (non-hydrogen) atoms. The molecule has 0 aromatic carbocycles. The average Bonchev–Trinajstić information content (AvgIpc) is 2.29. The lowest BCUT2D eigenvalue weighted by atomic mass is 10.2. The standard InChI is InChI=1S/C11H21BrN2O2/c1-5-9(12)10(15)13-8(4)11(16)14(6-2)7-3/h8-9H,5-7H2,1-4H3,(H,13,15). The summed E-state index contributed by atoms with van der Waals surface area (Å²) in [4.78, 5) is 24.9. The lowest BCUT2D eigenvalue weighted by Gasteiger charge is -2.24. The number of hydrogen-bond acceptors (Lipinski definition) is 2. The van der Waals surface area contributed by atoms with Crippen LogP contribution < -0.4 is 5.32 Å². The Balaban J connectivity index is 4.29. The van der Waals surface area contributed by atoms with Crippen molar-refractivity contribution < 1.29 is 9.59 Å². The number of amides is 2. The fourth-order valence-electron chi connectivity index (χ4n) is 1.36. The summed E-state index contributed by atoms with van der Waals surface area (Å²) in [6, 6.07) is -0.459. The molecule has 2 atom stereocenters. The van der Waals surface area contributed by atoms with Gasteiger partial charge in [-0.2, -0.15) is 0 Å². The third kappa shape index (κ3) is 4.51. The summed E-state index contributed by atoms with van der Waals surface area (Å²) in [5.74, 6) is -0.162. The number of carbonyl (C=O) groups is 2. The summed E-state index contributed by atoms with van der Waals surface area (Å²) >= 11 is 3.25. The van der Waals surface area contributed by atoms with Crippen molar-refractivity contribution in [2.45, 2.75) is 45.0 Å². The van der Waals surface area contributed by atoms with E-state index in [-0.39, 0.29) is 16.6 Å². The molecule has 0 aromatic rings. The first kappa shape index (κ1) is 15.4. The highest BCUT2D eigenvalue weighted by atomic mass is 79.9. The third-order valence-electron chi connectivity index (χ3n) is 2.45. The number of hydrogen-bond donors (Lipinski definition) is 1. The van der Waals surface area contributed by atoms with Crippen LogP contribution in [0.3, 0.4) is 0 Å². The zero-order valence-electron chi connectivity index (χ0n) is 10.4. The zero-order valence-corrected chi connectivity index (χ0v) is 12.0. The number of alkyl halides is 1. The van der Waals surface area contributed by atoms with Crippen LogP contribution in [0.1, 0.15) is 34.1 Å². The Bertz CT molecular complexity index is 242. The van der Waals surface area contributed by atoms with Gasteiger partial charge in [-0.05, 0) is 27.2 Å². The lowest BCUT2D eigenvalue weighted by Crippen LogP contribution is -2.48. The fraction of sp³-hybridized carbons (Fsp3) is 0.818. The molecule has 4 nitrogen and oxygen atoms in total. The summed E-state index contributed by atoms with van der Waals surface area (Å²) in [6.07, 6.45) is 0.706. The maximum Gasteiger partial charge on any atom is 0.244 e. The lowest BCUT2D eigenvalue weighted by molar-refractivity contribution is -0.135. The second-order valence-electron chi connectivity index (χ2n) is 3.62. The molecule has 2 unspecified atom stereocenters. The molecular weight excluding hydrogens is 272 g/mol. The van der Waals surface area contributed by atoms with Crippen molar-refractivity contribution >= 4 is 27.7 Å². The van der Waals surface area contributed by atoms with Crippen molar-refractivity contribution in [2.24, 2.45) is 0 Å². The van der Waals surface area contributed by atoms with Crippen LogP contribution in [0.25, 0.3) is 0 Å². The Labute approximate surface area is 106 Å². The van der Waals surface area contributed by atoms with Crippen LogP contribution in [0.4, 0.5) is 0 Å². The zero-order chi connectivity index (χ0) is 12.7. The maximum atomic E-state index is 11.8. The van der Waals surface area contributed by atoms with Crippen LogP contribution in [0.5, 0.6) is 0 Å². The topological polar surface area (TPSA) is 49.4 Å². The van der Waals surface area contributed by atoms with Crippen molar-refractivity contribution in [1.29, 1.82) is 0 Å². The van der Waals surface area contributed by atoms with Gasteiger partial charge < -0.3 is 10.2 Å². The van der Waals surface area contributed by atoms with E-state index < -0.39 is 6.04 Å². The first-order chi connectivity index (χ1) is 7.47. The van der Waals surface area contributed by atoms with Crippen LogP contribution in [0.2, 0.25) is 0 Å². The fourth-order valence-corrected chi connectivity index (χ4v) is 1.49. The molecule has 0 saturated heterocycles. The van der Waals surface area contributed by atoms with Gasteiger partial charge in [0.15, 0.2) is 0 Å². The Morgan fingerprint density at radius 2 is 1.75 bits per heavy atom. The van der Waals surface area contributed by atoms with Crippen LogP contribution in [0, 0.1) is 0 Å². The molecule has 94 valence electrons. The number of rotatable bonds is 6. The van der Waals surface area contributed by atoms with Gasteiger partial charge in [-0.15, -0.1) is 0 Å². The molecule has 0 fully saturated rings. The number of halogens is 1. The van der Waals surface area contributed by atoms with Gasteiger partial charge in [0.05, 0.1) is 4.83 Å². The monoisotopic (exact) mass is 292 g/mol. The molecule has 5 heteroatoms. The minimum atomic E-state index is -0.459. The Hall–Kier alpha value is -0.580. The first-order valence-electron chi connectivity index (χ1n) is 5.71. The smallest absolute Gasteiger partial charge is 0.244 e. The number of carbonyl (C=O) groups excluding carboxylic acids is 2. The number of likely N-dealkylation sites (N-methyl/N-ethyl adjacent to an activating group) is 1. The Kier molecular flexibility index (Phi) is 7.38. The van der Waals surface area contributed by atoms with Crippen molar-refractivity contribution in [2.75, 3.05) is 13.1 Å². The van der Waals surface area contributed by atoms with E-state index >= 15 is 0 Å². The van der Waals surface area contributed by atoms with Gasteiger partial charge in [-0.1, -0.05) is 22.9 Å². The van der Waals surface area contributed by atoms with Crippen LogP contribution >= 0.6 is 15.9 Å². The van der Waals surface area contributed by atoms with Crippen molar-refractivity contribution in [3.63, 3.8) is 0 Å². The van der Waals surface area contributed by atoms with Crippen molar-refractivity contribution in [1.82, 2.24) is 10.2 Å². The molecule has 0 bridgehead atoms. The van der Waals surface area contributed by atoms with Crippen LogP contribution in [0.15, 0.2) is 0 Å². The van der Waals surface area contributed by atoms with E-state index in [1.54, 1.807) is 11.8 Å². The second-order valence-corrected chi connectivity index (χ2v) is 4.72. The highest BCUT2D eigenvalue weighted by Crippen LogP contribution is 2.05. The molecule has 0 heterocycles. The summed E-state index contributed by atoms with van der Waals surface area (Å²) < 4.78 is 0. The summed E-state index contributed by atoms with van der Waals surface area (Å²) in [5.41, 5.74) is 0. The summed E-state index contributed by atoms with van der Waals surface area (Å²) in [6.45, 7) is 8.82. The molecule has 1 N–H and O–H groups in total. The van der Waals surface area contributed by atoms with E-state index in [2.05, 4.69) is 21.2 Å². The van der Waals surface area contributed by atoms with E-state index in [9.17, 15) is 9.59 Å². The van der Waals surface area contributed by atoms with Crippen LogP contribution in [-0.4, -0.2) is 40.7 Å². The molecule has 0 aliphatic heterocycles. The molecule has 0 aromatic heterocycles. The number of nitrogens with one attached hydrogen (secondary N) is 1. The van der Waals surface area contributed by atoms with Gasteiger partial charge in [0.25, 0.3) is 0 Å². The maximum absolute atomic E-state index is 11.8. The van der Waals surface area contributed by atoms with E-state index in [0.29, 0.717) is 19.5 Å². The minimum Gasteiger partial charge on any atom is -0.344 e. The summed E-state index contributed by atoms with van der Waals surface area (Å²) in [7, 11) is 0. The average molecular weight is 293 g/mol.